The highest BCUT2D eigenvalue weighted by molar-refractivity contribution is 5.32. The van der Waals surface area contributed by atoms with Crippen molar-refractivity contribution in [2.45, 2.75) is 59.8 Å². The molecule has 2 saturated heterocycles. The van der Waals surface area contributed by atoms with Crippen LogP contribution in [0.5, 0.6) is 0 Å². The van der Waals surface area contributed by atoms with Crippen LogP contribution in [0.2, 0.25) is 0 Å². The van der Waals surface area contributed by atoms with E-state index < -0.39 is 6.43 Å². The Morgan fingerprint density at radius 1 is 1.04 bits per heavy atom. The van der Waals surface area contributed by atoms with Crippen molar-refractivity contribution in [1.82, 2.24) is 9.80 Å². The van der Waals surface area contributed by atoms with Crippen molar-refractivity contribution >= 4 is 0 Å². The second-order valence-corrected chi connectivity index (χ2v) is 8.41. The van der Waals surface area contributed by atoms with Crippen molar-refractivity contribution in [3.05, 3.63) is 22.8 Å². The molecule has 0 aromatic heterocycles. The van der Waals surface area contributed by atoms with Crippen LogP contribution < -0.4 is 0 Å². The van der Waals surface area contributed by atoms with Crippen LogP contribution in [-0.4, -0.2) is 68.7 Å². The molecule has 1 atom stereocenters. The lowest BCUT2D eigenvalue weighted by Crippen LogP contribution is -2.43. The van der Waals surface area contributed by atoms with E-state index in [1.807, 2.05) is 19.9 Å². The third-order valence-electron chi connectivity index (χ3n) is 6.64. The monoisotopic (exact) mass is 398 g/mol. The Labute approximate surface area is 170 Å². The van der Waals surface area contributed by atoms with Gasteiger partial charge in [0, 0.05) is 26.2 Å². The van der Waals surface area contributed by atoms with E-state index in [0.717, 1.165) is 78.2 Å². The van der Waals surface area contributed by atoms with Crippen LogP contribution in [0.15, 0.2) is 22.8 Å². The minimum atomic E-state index is -2.36. The zero-order chi connectivity index (χ0) is 20.5. The van der Waals surface area contributed by atoms with Gasteiger partial charge in [0.15, 0.2) is 0 Å². The fourth-order valence-corrected chi connectivity index (χ4v) is 4.20. The molecule has 0 bridgehead atoms. The molecule has 0 aliphatic carbocycles. The number of rotatable bonds is 9. The molecular weight excluding hydrogens is 358 g/mol. The summed E-state index contributed by atoms with van der Waals surface area (Å²) in [6.45, 7) is 16.3. The summed E-state index contributed by atoms with van der Waals surface area (Å²) in [6, 6.07) is 0. The predicted octanol–water partition coefficient (Wildman–Crippen LogP) is 4.99. The van der Waals surface area contributed by atoms with E-state index in [-0.39, 0.29) is 5.92 Å². The number of hydrogen-bond donors (Lipinski definition) is 0. The SMILES string of the molecule is CCC(C)=C(/C=C(/C(F)F)C(C)CC)C1CCN(CCN2CCOCC2)CC1. The summed E-state index contributed by atoms with van der Waals surface area (Å²) in [6.07, 6.45) is 3.34. The molecule has 0 amide bonds. The summed E-state index contributed by atoms with van der Waals surface area (Å²) in [4.78, 5) is 5.02. The second-order valence-electron chi connectivity index (χ2n) is 8.41. The first-order valence-corrected chi connectivity index (χ1v) is 11.2. The molecule has 2 fully saturated rings. The van der Waals surface area contributed by atoms with E-state index in [4.69, 9.17) is 4.74 Å². The maximum absolute atomic E-state index is 13.7. The highest BCUT2D eigenvalue weighted by Crippen LogP contribution is 2.32. The summed E-state index contributed by atoms with van der Waals surface area (Å²) in [5.41, 5.74) is 2.78. The standard InChI is InChI=1S/C23H40F2N2O/c1-5-18(3)21(17-22(23(24)25)19(4)6-2)20-7-9-26(10-8-20)11-12-27-13-15-28-16-14-27/h17,19-20,23H,5-16H2,1-4H3/b21-18?,22-17+. The molecule has 5 heteroatoms. The Bertz CT molecular complexity index is 519. The average Bonchev–Trinajstić information content (AvgIpc) is 2.73. The lowest BCUT2D eigenvalue weighted by Gasteiger charge is -2.35. The minimum absolute atomic E-state index is 0.0618. The van der Waals surface area contributed by atoms with Crippen molar-refractivity contribution in [2.75, 3.05) is 52.5 Å². The Balaban J connectivity index is 1.97. The van der Waals surface area contributed by atoms with Gasteiger partial charge in [-0.2, -0.15) is 0 Å². The first-order chi connectivity index (χ1) is 13.5. The molecule has 0 aromatic carbocycles. The van der Waals surface area contributed by atoms with Gasteiger partial charge in [0.1, 0.15) is 0 Å². The van der Waals surface area contributed by atoms with Crippen molar-refractivity contribution in [2.24, 2.45) is 11.8 Å². The van der Waals surface area contributed by atoms with Crippen molar-refractivity contribution in [3.8, 4) is 0 Å². The number of ether oxygens (including phenoxy) is 1. The van der Waals surface area contributed by atoms with Crippen LogP contribution in [0.3, 0.4) is 0 Å². The van der Waals surface area contributed by atoms with E-state index in [9.17, 15) is 8.78 Å². The van der Waals surface area contributed by atoms with Crippen LogP contribution in [0.1, 0.15) is 53.4 Å². The molecule has 2 aliphatic heterocycles. The highest BCUT2D eigenvalue weighted by atomic mass is 19.3. The van der Waals surface area contributed by atoms with E-state index >= 15 is 0 Å². The van der Waals surface area contributed by atoms with Crippen LogP contribution in [0.4, 0.5) is 8.78 Å². The minimum Gasteiger partial charge on any atom is -0.379 e. The Kier molecular flexibility index (Phi) is 10.1. The van der Waals surface area contributed by atoms with Gasteiger partial charge in [0.2, 0.25) is 0 Å². The average molecular weight is 399 g/mol. The molecule has 1 unspecified atom stereocenters. The number of alkyl halides is 2. The van der Waals surface area contributed by atoms with Crippen LogP contribution in [0.25, 0.3) is 0 Å². The molecule has 0 aromatic rings. The van der Waals surface area contributed by atoms with Gasteiger partial charge in [0.25, 0.3) is 6.43 Å². The first kappa shape index (κ1) is 23.5. The van der Waals surface area contributed by atoms with Gasteiger partial charge in [-0.3, -0.25) is 4.90 Å². The zero-order valence-electron chi connectivity index (χ0n) is 18.4. The lowest BCUT2D eigenvalue weighted by molar-refractivity contribution is 0.0318. The summed E-state index contributed by atoms with van der Waals surface area (Å²) in [7, 11) is 0. The molecule has 2 aliphatic rings. The van der Waals surface area contributed by atoms with Crippen LogP contribution >= 0.6 is 0 Å². The van der Waals surface area contributed by atoms with Gasteiger partial charge < -0.3 is 9.64 Å². The van der Waals surface area contributed by atoms with Gasteiger partial charge >= 0.3 is 0 Å². The fraction of sp³-hybridized carbons (Fsp3) is 0.826. The molecule has 0 N–H and O–H groups in total. The fourth-order valence-electron chi connectivity index (χ4n) is 4.20. The molecule has 0 spiro atoms. The normalized spacial score (nSPS) is 23.2. The molecular formula is C23H40F2N2O. The number of halogens is 2. The van der Waals surface area contributed by atoms with Gasteiger partial charge in [0.05, 0.1) is 13.2 Å². The lowest BCUT2D eigenvalue weighted by atomic mass is 9.83. The topological polar surface area (TPSA) is 15.7 Å². The molecule has 3 nitrogen and oxygen atoms in total. The summed E-state index contributed by atoms with van der Waals surface area (Å²) in [5, 5.41) is 0. The van der Waals surface area contributed by atoms with E-state index in [1.165, 1.54) is 11.1 Å². The third kappa shape index (κ3) is 6.93. The number of likely N-dealkylation sites (tertiary alicyclic amines) is 1. The van der Waals surface area contributed by atoms with Crippen LogP contribution in [-0.2, 0) is 4.74 Å². The Morgan fingerprint density at radius 2 is 1.61 bits per heavy atom. The number of allylic oxidation sites excluding steroid dienone is 4. The first-order valence-electron chi connectivity index (χ1n) is 11.2. The van der Waals surface area contributed by atoms with E-state index in [2.05, 4.69) is 23.6 Å². The molecule has 0 saturated carbocycles. The molecule has 28 heavy (non-hydrogen) atoms. The van der Waals surface area contributed by atoms with Gasteiger partial charge in [-0.25, -0.2) is 8.78 Å². The highest BCUT2D eigenvalue weighted by Gasteiger charge is 2.25. The van der Waals surface area contributed by atoms with Crippen molar-refractivity contribution < 1.29 is 13.5 Å². The Morgan fingerprint density at radius 3 is 2.11 bits per heavy atom. The quantitative estimate of drug-likeness (QED) is 0.509. The van der Waals surface area contributed by atoms with Gasteiger partial charge in [-0.05, 0) is 68.7 Å². The zero-order valence-corrected chi connectivity index (χ0v) is 18.4. The third-order valence-corrected chi connectivity index (χ3v) is 6.64. The Hall–Kier alpha value is -0.780. The largest absolute Gasteiger partial charge is 0.379 e. The van der Waals surface area contributed by atoms with Gasteiger partial charge in [-0.15, -0.1) is 0 Å². The maximum atomic E-state index is 13.7. The number of nitrogens with zero attached hydrogens (tertiary/aromatic N) is 2. The summed E-state index contributed by atoms with van der Waals surface area (Å²) in [5.74, 6) is 0.352. The van der Waals surface area contributed by atoms with E-state index in [1.54, 1.807) is 0 Å². The predicted molar refractivity (Wildman–Crippen MR) is 113 cm³/mol. The van der Waals surface area contributed by atoms with Crippen molar-refractivity contribution in [3.63, 3.8) is 0 Å². The van der Waals surface area contributed by atoms with Crippen LogP contribution in [0, 0.1) is 11.8 Å². The smallest absolute Gasteiger partial charge is 0.260 e. The van der Waals surface area contributed by atoms with E-state index in [0.29, 0.717) is 11.5 Å². The second kappa shape index (κ2) is 12.0. The summed E-state index contributed by atoms with van der Waals surface area (Å²) < 4.78 is 32.7. The molecule has 0 radical (unpaired) electrons. The number of piperidine rings is 1. The summed E-state index contributed by atoms with van der Waals surface area (Å²) >= 11 is 0. The van der Waals surface area contributed by atoms with Gasteiger partial charge in [-0.1, -0.05) is 32.4 Å². The molecule has 2 rings (SSSR count). The number of hydrogen-bond acceptors (Lipinski definition) is 3. The van der Waals surface area contributed by atoms with Crippen molar-refractivity contribution in [1.29, 1.82) is 0 Å². The number of morpholine rings is 1. The maximum Gasteiger partial charge on any atom is 0.260 e. The molecule has 162 valence electrons. The molecule has 2 heterocycles.